The molecule has 0 aliphatic carbocycles. The normalized spacial score (nSPS) is 13.8. The highest BCUT2D eigenvalue weighted by Crippen LogP contribution is 2.30. The van der Waals surface area contributed by atoms with Gasteiger partial charge in [0.15, 0.2) is 0 Å². The van der Waals surface area contributed by atoms with Gasteiger partial charge in [-0.25, -0.2) is 0 Å². The largest absolute Gasteiger partial charge is 0.497 e. The van der Waals surface area contributed by atoms with E-state index in [9.17, 15) is 4.79 Å². The smallest absolute Gasteiger partial charge is 0.243 e. The van der Waals surface area contributed by atoms with E-state index in [0.29, 0.717) is 17.2 Å². The van der Waals surface area contributed by atoms with E-state index in [-0.39, 0.29) is 12.5 Å². The van der Waals surface area contributed by atoms with E-state index in [2.05, 4.69) is 21.6 Å². The van der Waals surface area contributed by atoms with Gasteiger partial charge in [0, 0.05) is 19.2 Å². The lowest BCUT2D eigenvalue weighted by atomic mass is 10.1. The second-order valence-electron chi connectivity index (χ2n) is 6.53. The zero-order chi connectivity index (χ0) is 19.1. The van der Waals surface area contributed by atoms with E-state index >= 15 is 0 Å². The molecule has 0 unspecified atom stereocenters. The summed E-state index contributed by atoms with van der Waals surface area (Å²) in [5.41, 5.74) is 2.73. The molecule has 0 bridgehead atoms. The van der Waals surface area contributed by atoms with Crippen molar-refractivity contribution in [2.24, 2.45) is 0 Å². The zero-order valence-corrected chi connectivity index (χ0v) is 16.0. The summed E-state index contributed by atoms with van der Waals surface area (Å²) < 4.78 is 10.5. The van der Waals surface area contributed by atoms with Crippen LogP contribution in [-0.4, -0.2) is 39.8 Å². The molecule has 1 fully saturated rings. The van der Waals surface area contributed by atoms with Gasteiger partial charge in [-0.1, -0.05) is 12.1 Å². The Morgan fingerprint density at radius 1 is 1.00 bits per heavy atom. The number of methoxy groups -OCH3 is 2. The Morgan fingerprint density at radius 3 is 2.52 bits per heavy atom. The number of piperidine rings is 1. The predicted molar refractivity (Wildman–Crippen MR) is 109 cm³/mol. The summed E-state index contributed by atoms with van der Waals surface area (Å²) in [6.07, 6.45) is 3.71. The molecular formula is C21H27N3O3. The van der Waals surface area contributed by atoms with Crippen LogP contribution in [0.5, 0.6) is 11.5 Å². The first-order chi connectivity index (χ1) is 13.2. The number of rotatable bonds is 7. The standard InChI is InChI=1S/C21H27N3O3/c1-26-16-10-11-20(27-2)18(14-16)23-21(25)15-22-17-8-4-5-9-19(17)24-12-6-3-7-13-24/h4-5,8-11,14,22H,3,6-7,12-13,15H2,1-2H3,(H,23,25). The second-order valence-corrected chi connectivity index (χ2v) is 6.53. The van der Waals surface area contributed by atoms with E-state index < -0.39 is 0 Å². The molecule has 2 aromatic rings. The minimum absolute atomic E-state index is 0.144. The lowest BCUT2D eigenvalue weighted by molar-refractivity contribution is -0.114. The number of nitrogens with one attached hydrogen (secondary N) is 2. The number of anilines is 3. The molecule has 0 aromatic heterocycles. The third kappa shape index (κ3) is 4.84. The fraction of sp³-hybridized carbons (Fsp3) is 0.381. The number of hydrogen-bond donors (Lipinski definition) is 2. The van der Waals surface area contributed by atoms with Gasteiger partial charge in [0.05, 0.1) is 37.8 Å². The Bertz CT molecular complexity index is 773. The Balaban J connectivity index is 1.65. The first kappa shape index (κ1) is 18.9. The van der Waals surface area contributed by atoms with Crippen LogP contribution >= 0.6 is 0 Å². The number of carbonyl (C=O) groups is 1. The molecule has 144 valence electrons. The molecule has 6 nitrogen and oxygen atoms in total. The molecule has 2 N–H and O–H groups in total. The summed E-state index contributed by atoms with van der Waals surface area (Å²) in [7, 11) is 3.16. The fourth-order valence-electron chi connectivity index (χ4n) is 3.32. The van der Waals surface area contributed by atoms with Crippen LogP contribution in [-0.2, 0) is 4.79 Å². The summed E-state index contributed by atoms with van der Waals surface area (Å²) in [6, 6.07) is 13.5. The molecule has 0 radical (unpaired) electrons. The van der Waals surface area contributed by atoms with Crippen LogP contribution in [0.1, 0.15) is 19.3 Å². The van der Waals surface area contributed by atoms with Crippen molar-refractivity contribution in [2.45, 2.75) is 19.3 Å². The van der Waals surface area contributed by atoms with Gasteiger partial charge in [-0.15, -0.1) is 0 Å². The zero-order valence-electron chi connectivity index (χ0n) is 16.0. The van der Waals surface area contributed by atoms with Crippen LogP contribution in [0, 0.1) is 0 Å². The molecule has 0 saturated carbocycles. The van der Waals surface area contributed by atoms with Gasteiger partial charge < -0.3 is 25.0 Å². The van der Waals surface area contributed by atoms with Crippen LogP contribution in [0.25, 0.3) is 0 Å². The summed E-state index contributed by atoms with van der Waals surface area (Å²) in [6.45, 7) is 2.29. The maximum Gasteiger partial charge on any atom is 0.243 e. The molecule has 3 rings (SSSR count). The van der Waals surface area contributed by atoms with E-state index in [1.807, 2.05) is 18.2 Å². The lowest BCUT2D eigenvalue weighted by Gasteiger charge is -2.30. The third-order valence-electron chi connectivity index (χ3n) is 4.72. The van der Waals surface area contributed by atoms with Crippen LogP contribution in [0.3, 0.4) is 0 Å². The van der Waals surface area contributed by atoms with Crippen LogP contribution in [0.4, 0.5) is 17.1 Å². The monoisotopic (exact) mass is 369 g/mol. The third-order valence-corrected chi connectivity index (χ3v) is 4.72. The molecule has 1 heterocycles. The molecule has 0 spiro atoms. The maximum atomic E-state index is 12.5. The molecular weight excluding hydrogens is 342 g/mol. The summed E-state index contributed by atoms with van der Waals surface area (Å²) in [5.74, 6) is 1.11. The number of ether oxygens (including phenoxy) is 2. The van der Waals surface area contributed by atoms with Gasteiger partial charge in [-0.05, 0) is 43.5 Å². The van der Waals surface area contributed by atoms with E-state index in [4.69, 9.17) is 9.47 Å². The summed E-state index contributed by atoms with van der Waals surface area (Å²) >= 11 is 0. The highest BCUT2D eigenvalue weighted by atomic mass is 16.5. The predicted octanol–water partition coefficient (Wildman–Crippen LogP) is 3.74. The average Bonchev–Trinajstić information content (AvgIpc) is 2.73. The molecule has 27 heavy (non-hydrogen) atoms. The molecule has 2 aromatic carbocycles. The van der Waals surface area contributed by atoms with Crippen molar-refractivity contribution in [3.8, 4) is 11.5 Å². The lowest BCUT2D eigenvalue weighted by Crippen LogP contribution is -2.30. The molecule has 1 aliphatic rings. The first-order valence-electron chi connectivity index (χ1n) is 9.31. The Kier molecular flexibility index (Phi) is 6.41. The Morgan fingerprint density at radius 2 is 1.78 bits per heavy atom. The van der Waals surface area contributed by atoms with Gasteiger partial charge in [0.2, 0.25) is 5.91 Å². The van der Waals surface area contributed by atoms with Crippen LogP contribution in [0.15, 0.2) is 42.5 Å². The Labute approximate surface area is 160 Å². The molecule has 1 aliphatic heterocycles. The van der Waals surface area contributed by atoms with Gasteiger partial charge in [0.25, 0.3) is 0 Å². The summed E-state index contributed by atoms with van der Waals surface area (Å²) in [5, 5.41) is 6.16. The van der Waals surface area contributed by atoms with Crippen molar-refractivity contribution < 1.29 is 14.3 Å². The van der Waals surface area contributed by atoms with Gasteiger partial charge in [0.1, 0.15) is 11.5 Å². The Hall–Kier alpha value is -2.89. The minimum Gasteiger partial charge on any atom is -0.497 e. The number of nitrogens with zero attached hydrogens (tertiary/aromatic N) is 1. The van der Waals surface area contributed by atoms with Gasteiger partial charge >= 0.3 is 0 Å². The van der Waals surface area contributed by atoms with Crippen molar-refractivity contribution >= 4 is 23.0 Å². The van der Waals surface area contributed by atoms with Crippen molar-refractivity contribution in [3.63, 3.8) is 0 Å². The second kappa shape index (κ2) is 9.16. The highest BCUT2D eigenvalue weighted by molar-refractivity contribution is 5.95. The quantitative estimate of drug-likeness (QED) is 0.778. The first-order valence-corrected chi connectivity index (χ1v) is 9.31. The topological polar surface area (TPSA) is 62.8 Å². The van der Waals surface area contributed by atoms with Crippen molar-refractivity contribution in [2.75, 3.05) is 49.4 Å². The van der Waals surface area contributed by atoms with E-state index in [1.54, 1.807) is 32.4 Å². The van der Waals surface area contributed by atoms with Crippen LogP contribution in [0.2, 0.25) is 0 Å². The van der Waals surface area contributed by atoms with Crippen molar-refractivity contribution in [3.05, 3.63) is 42.5 Å². The SMILES string of the molecule is COc1ccc(OC)c(NC(=O)CNc2ccccc2N2CCCCC2)c1. The molecule has 6 heteroatoms. The van der Waals surface area contributed by atoms with Crippen LogP contribution < -0.4 is 25.0 Å². The molecule has 1 saturated heterocycles. The van der Waals surface area contributed by atoms with Gasteiger partial charge in [-0.3, -0.25) is 4.79 Å². The number of amides is 1. The number of hydrogen-bond acceptors (Lipinski definition) is 5. The summed E-state index contributed by atoms with van der Waals surface area (Å²) in [4.78, 5) is 14.8. The molecule has 1 amide bonds. The van der Waals surface area contributed by atoms with Crippen molar-refractivity contribution in [1.82, 2.24) is 0 Å². The van der Waals surface area contributed by atoms with E-state index in [0.717, 1.165) is 24.5 Å². The highest BCUT2D eigenvalue weighted by Gasteiger charge is 2.15. The maximum absolute atomic E-state index is 12.5. The van der Waals surface area contributed by atoms with Gasteiger partial charge in [-0.2, -0.15) is 0 Å². The van der Waals surface area contributed by atoms with Crippen molar-refractivity contribution in [1.29, 1.82) is 0 Å². The number of para-hydroxylation sites is 2. The average molecular weight is 369 g/mol. The number of benzene rings is 2. The fourth-order valence-corrected chi connectivity index (χ4v) is 3.32. The minimum atomic E-state index is -0.144. The molecule has 0 atom stereocenters. The number of carbonyl (C=O) groups excluding carboxylic acids is 1. The van der Waals surface area contributed by atoms with E-state index in [1.165, 1.54) is 19.3 Å².